The number of aliphatic imine (C=N–C) groups is 1. The molecule has 0 aromatic heterocycles. The van der Waals surface area contributed by atoms with Gasteiger partial charge in [-0.3, -0.25) is 14.6 Å². The topological polar surface area (TPSA) is 174 Å². The molecular formula is C18H27F2N5O4. The maximum absolute atomic E-state index is 12.0. The molecule has 2 unspecified atom stereocenters. The van der Waals surface area contributed by atoms with E-state index in [-0.39, 0.29) is 12.4 Å². The van der Waals surface area contributed by atoms with Crippen LogP contribution in [-0.4, -0.2) is 60.7 Å². The highest BCUT2D eigenvalue weighted by Gasteiger charge is 2.23. The summed E-state index contributed by atoms with van der Waals surface area (Å²) in [7, 11) is 0. The van der Waals surface area contributed by atoms with Crippen LogP contribution in [0.15, 0.2) is 35.3 Å². The minimum Gasteiger partial charge on any atom is -0.480 e. The molecule has 0 spiro atoms. The fraction of sp³-hybridized carbons (Fsp3) is 0.444. The molecule has 0 bridgehead atoms. The number of nitrogens with one attached hydrogen (secondary N) is 1. The van der Waals surface area contributed by atoms with Gasteiger partial charge in [0, 0.05) is 6.54 Å². The van der Waals surface area contributed by atoms with Crippen molar-refractivity contribution in [3.8, 4) is 0 Å². The molecule has 1 rings (SSSR count). The Kier molecular flexibility index (Phi) is 13.3. The van der Waals surface area contributed by atoms with Crippen LogP contribution >= 0.6 is 0 Å². The van der Waals surface area contributed by atoms with Gasteiger partial charge in [0.25, 0.3) is 0 Å². The molecule has 0 aliphatic heterocycles. The molecule has 9 nitrogen and oxygen atoms in total. The summed E-state index contributed by atoms with van der Waals surface area (Å²) in [6.07, 6.45) is 0.992. The molecule has 11 heteroatoms. The number of alkyl halides is 2. The van der Waals surface area contributed by atoms with Gasteiger partial charge < -0.3 is 27.6 Å². The summed E-state index contributed by atoms with van der Waals surface area (Å²) in [6, 6.07) is 7.46. The lowest BCUT2D eigenvalue weighted by Gasteiger charge is -2.17. The van der Waals surface area contributed by atoms with Crippen LogP contribution in [-0.2, 0) is 20.8 Å². The van der Waals surface area contributed by atoms with Crippen LogP contribution in [0.4, 0.5) is 8.78 Å². The van der Waals surface area contributed by atoms with Crippen molar-refractivity contribution in [1.29, 1.82) is 0 Å². The number of nitrogens with zero attached hydrogens (tertiary/aromatic N) is 1. The Balaban J connectivity index is 0.00000113. The number of Topliss-reactive ketones (excluding diaryl/α,β-unsaturated/α-hetero) is 1. The van der Waals surface area contributed by atoms with Crippen LogP contribution in [0, 0.1) is 0 Å². The Bertz CT molecular complexity index is 663. The molecule has 0 fully saturated rings. The summed E-state index contributed by atoms with van der Waals surface area (Å²) < 4.78 is 21.6. The van der Waals surface area contributed by atoms with Crippen LogP contribution in [0.3, 0.4) is 0 Å². The van der Waals surface area contributed by atoms with E-state index in [0.29, 0.717) is 19.4 Å². The average molecular weight is 415 g/mol. The molecule has 0 aliphatic rings. The number of guanidine groups is 1. The van der Waals surface area contributed by atoms with Crippen molar-refractivity contribution in [2.45, 2.75) is 31.3 Å². The number of carboxylic acid groups (broad SMARTS) is 1. The van der Waals surface area contributed by atoms with Crippen molar-refractivity contribution in [1.82, 2.24) is 5.32 Å². The molecule has 29 heavy (non-hydrogen) atoms. The molecule has 0 saturated heterocycles. The van der Waals surface area contributed by atoms with Crippen molar-refractivity contribution in [3.63, 3.8) is 0 Å². The molecule has 0 aliphatic carbocycles. The molecule has 8 N–H and O–H groups in total. The predicted molar refractivity (Wildman–Crippen MR) is 105 cm³/mol. The van der Waals surface area contributed by atoms with Crippen molar-refractivity contribution in [2.24, 2.45) is 22.2 Å². The second-order valence-electron chi connectivity index (χ2n) is 5.95. The highest BCUT2D eigenvalue weighted by molar-refractivity contribution is 5.87. The van der Waals surface area contributed by atoms with Gasteiger partial charge in [-0.25, -0.2) is 13.6 Å². The van der Waals surface area contributed by atoms with E-state index in [4.69, 9.17) is 22.3 Å². The molecule has 0 saturated carbocycles. The Morgan fingerprint density at radius 3 is 2.14 bits per heavy atom. The van der Waals surface area contributed by atoms with Crippen LogP contribution in [0.25, 0.3) is 0 Å². The summed E-state index contributed by atoms with van der Waals surface area (Å²) in [4.78, 5) is 36.4. The summed E-state index contributed by atoms with van der Waals surface area (Å²) in [5, 5.41) is 11.6. The van der Waals surface area contributed by atoms with Crippen LogP contribution in [0.5, 0.6) is 0 Å². The van der Waals surface area contributed by atoms with Crippen molar-refractivity contribution >= 4 is 23.6 Å². The average Bonchev–Trinajstić information content (AvgIpc) is 2.70. The van der Waals surface area contributed by atoms with E-state index in [1.807, 2.05) is 30.3 Å². The number of amides is 1. The van der Waals surface area contributed by atoms with E-state index in [9.17, 15) is 23.2 Å². The number of ketones is 1. The van der Waals surface area contributed by atoms with Crippen molar-refractivity contribution < 1.29 is 28.3 Å². The second kappa shape index (κ2) is 14.9. The van der Waals surface area contributed by atoms with Gasteiger partial charge in [-0.05, 0) is 24.8 Å². The molecule has 2 atom stereocenters. The minimum atomic E-state index is -1.18. The van der Waals surface area contributed by atoms with E-state index in [0.717, 1.165) is 5.56 Å². The third kappa shape index (κ3) is 12.8. The zero-order valence-electron chi connectivity index (χ0n) is 15.9. The smallest absolute Gasteiger partial charge is 0.326 e. The maximum Gasteiger partial charge on any atom is 0.326 e. The first-order valence-corrected chi connectivity index (χ1v) is 8.72. The van der Waals surface area contributed by atoms with E-state index in [1.165, 1.54) is 0 Å². The highest BCUT2D eigenvalue weighted by Crippen LogP contribution is 2.04. The number of hydrogen-bond acceptors (Lipinski definition) is 5. The number of nitrogens with two attached hydrogens (primary N) is 3. The zero-order valence-corrected chi connectivity index (χ0v) is 15.9. The molecule has 1 aromatic carbocycles. The number of benzene rings is 1. The van der Waals surface area contributed by atoms with Gasteiger partial charge in [0.2, 0.25) is 5.91 Å². The summed E-state index contributed by atoms with van der Waals surface area (Å²) in [5.41, 5.74) is 17.1. The SMILES string of the molecule is NC(N)=NCCCC(NC(=O)C(N)Cc1ccccc1)C(=O)O.O=C(CF)CF. The predicted octanol–water partition coefficient (Wildman–Crippen LogP) is -0.326. The van der Waals surface area contributed by atoms with Gasteiger partial charge in [0.05, 0.1) is 6.04 Å². The monoisotopic (exact) mass is 415 g/mol. The number of hydrogen-bond donors (Lipinski definition) is 5. The third-order valence-corrected chi connectivity index (χ3v) is 3.49. The largest absolute Gasteiger partial charge is 0.480 e. The number of carbonyl (C=O) groups excluding carboxylic acids is 2. The molecular weight excluding hydrogens is 388 g/mol. The Labute approximate surface area is 167 Å². The number of carbonyl (C=O) groups is 3. The lowest BCUT2D eigenvalue weighted by molar-refractivity contribution is -0.142. The number of halogens is 2. The van der Waals surface area contributed by atoms with E-state index in [2.05, 4.69) is 10.3 Å². The Morgan fingerprint density at radius 2 is 1.69 bits per heavy atom. The maximum atomic E-state index is 12.0. The van der Waals surface area contributed by atoms with Gasteiger partial charge in [0.1, 0.15) is 6.04 Å². The fourth-order valence-electron chi connectivity index (χ4n) is 2.04. The lowest BCUT2D eigenvalue weighted by atomic mass is 10.1. The van der Waals surface area contributed by atoms with Gasteiger partial charge in [-0.15, -0.1) is 0 Å². The molecule has 0 radical (unpaired) electrons. The number of rotatable bonds is 11. The van der Waals surface area contributed by atoms with Crippen LogP contribution < -0.4 is 22.5 Å². The number of carboxylic acids is 1. The first-order valence-electron chi connectivity index (χ1n) is 8.72. The molecule has 1 aromatic rings. The third-order valence-electron chi connectivity index (χ3n) is 3.49. The van der Waals surface area contributed by atoms with Crippen LogP contribution in [0.1, 0.15) is 18.4 Å². The molecule has 162 valence electrons. The van der Waals surface area contributed by atoms with Crippen LogP contribution in [0.2, 0.25) is 0 Å². The van der Waals surface area contributed by atoms with Crippen molar-refractivity contribution in [3.05, 3.63) is 35.9 Å². The van der Waals surface area contributed by atoms with Gasteiger partial charge in [-0.1, -0.05) is 30.3 Å². The zero-order chi connectivity index (χ0) is 22.2. The fourth-order valence-corrected chi connectivity index (χ4v) is 2.04. The lowest BCUT2D eigenvalue weighted by Crippen LogP contribution is -2.49. The van der Waals surface area contributed by atoms with E-state index < -0.39 is 43.1 Å². The van der Waals surface area contributed by atoms with E-state index in [1.54, 1.807) is 0 Å². The van der Waals surface area contributed by atoms with E-state index >= 15 is 0 Å². The van der Waals surface area contributed by atoms with Gasteiger partial charge >= 0.3 is 5.97 Å². The minimum absolute atomic E-state index is 0.0502. The van der Waals surface area contributed by atoms with Crippen molar-refractivity contribution in [2.75, 3.05) is 19.9 Å². The number of aliphatic carboxylic acids is 1. The second-order valence-corrected chi connectivity index (χ2v) is 5.95. The summed E-state index contributed by atoms with van der Waals surface area (Å²) in [6.45, 7) is -2.06. The van der Waals surface area contributed by atoms with Gasteiger partial charge in [-0.2, -0.15) is 0 Å². The standard InChI is InChI=1S/C15H23N5O3.C3H4F2O/c16-11(9-10-5-2-1-3-6-10)13(21)20-12(14(22)23)7-4-8-19-15(17)18;4-1-3(6)2-5/h1-3,5-6,11-12H,4,7-9,16H2,(H,20,21)(H,22,23)(H4,17,18,19);1-2H2. The molecule has 1 amide bonds. The summed E-state index contributed by atoms with van der Waals surface area (Å²) >= 11 is 0. The quantitative estimate of drug-likeness (QED) is 0.187. The first kappa shape index (κ1) is 25.9. The molecule has 0 heterocycles. The summed E-state index contributed by atoms with van der Waals surface area (Å²) in [5.74, 6) is -2.65. The normalized spacial score (nSPS) is 12.0. The first-order chi connectivity index (χ1) is 13.7. The Hall–Kier alpha value is -3.08. The highest BCUT2D eigenvalue weighted by atomic mass is 19.1. The van der Waals surface area contributed by atoms with Gasteiger partial charge in [0.15, 0.2) is 25.1 Å². The Morgan fingerprint density at radius 1 is 1.10 bits per heavy atom.